The zero-order chi connectivity index (χ0) is 23.5. The second-order valence-corrected chi connectivity index (χ2v) is 6.03. The van der Waals surface area contributed by atoms with E-state index in [9.17, 15) is 29.1 Å². The first-order chi connectivity index (χ1) is 15.3. The monoisotopic (exact) mass is 451 g/mol. The molecule has 1 atom stereocenters. The Kier molecular flexibility index (Phi) is 8.91. The minimum absolute atomic E-state index is 0.141. The summed E-state index contributed by atoms with van der Waals surface area (Å²) >= 11 is 0. The van der Waals surface area contributed by atoms with E-state index in [0.29, 0.717) is 5.69 Å². The number of H-pyrrole nitrogens is 1. The predicted molar refractivity (Wildman–Crippen MR) is 105 cm³/mol. The number of carbonyl (C=O) groups excluding carboxylic acids is 4. The Balaban J connectivity index is 1.71. The predicted octanol–water partition coefficient (Wildman–Crippen LogP) is -1.56. The number of alkyl carbamates (subject to hydrolysis) is 1. The molecule has 32 heavy (non-hydrogen) atoms. The Morgan fingerprint density at radius 1 is 1.16 bits per heavy atom. The Morgan fingerprint density at radius 2 is 1.88 bits per heavy atom. The molecule has 4 N–H and O–H groups in total. The molecule has 2 amide bonds. The van der Waals surface area contributed by atoms with Gasteiger partial charge in [0.05, 0.1) is 12.8 Å². The zero-order valence-electron chi connectivity index (χ0n) is 16.9. The van der Waals surface area contributed by atoms with E-state index < -0.39 is 49.1 Å². The molecule has 0 aliphatic rings. The van der Waals surface area contributed by atoms with Crippen molar-refractivity contribution in [3.63, 3.8) is 0 Å². The Morgan fingerprint density at radius 3 is 2.56 bits per heavy atom. The van der Waals surface area contributed by atoms with Gasteiger partial charge in [0.2, 0.25) is 12.6 Å². The zero-order valence-corrected chi connectivity index (χ0v) is 16.9. The number of benzene rings is 1. The smallest absolute Gasteiger partial charge is 0.407 e. The van der Waals surface area contributed by atoms with E-state index in [2.05, 4.69) is 34.9 Å². The van der Waals surface area contributed by atoms with E-state index in [1.165, 1.54) is 0 Å². The number of nitrogens with zero attached hydrogens (tertiary/aromatic N) is 2. The van der Waals surface area contributed by atoms with Crippen molar-refractivity contribution < 1.29 is 38.5 Å². The molecule has 0 bridgehead atoms. The van der Waals surface area contributed by atoms with Gasteiger partial charge in [0.1, 0.15) is 6.54 Å². The molecule has 172 valence electrons. The van der Waals surface area contributed by atoms with Gasteiger partial charge in [-0.25, -0.2) is 14.4 Å². The Bertz CT molecular complexity index is 1000. The summed E-state index contributed by atoms with van der Waals surface area (Å²) in [6.07, 6.45) is -2.66. The average molecular weight is 451 g/mol. The molecule has 2 aromatic rings. The van der Waals surface area contributed by atoms with E-state index in [1.807, 2.05) is 0 Å². The lowest BCUT2D eigenvalue weighted by atomic mass is 10.2. The van der Waals surface area contributed by atoms with Crippen LogP contribution in [0.3, 0.4) is 0 Å². The van der Waals surface area contributed by atoms with Crippen LogP contribution in [-0.4, -0.2) is 76.9 Å². The molecular weight excluding hydrogens is 430 g/mol. The van der Waals surface area contributed by atoms with E-state index >= 15 is 0 Å². The Labute approximate surface area is 180 Å². The number of nitrogens with one attached hydrogen (secondary N) is 3. The van der Waals surface area contributed by atoms with Gasteiger partial charge in [-0.3, -0.25) is 14.6 Å². The molecule has 1 heterocycles. The first-order valence-electron chi connectivity index (χ1n) is 9.17. The lowest BCUT2D eigenvalue weighted by Crippen LogP contribution is -2.33. The largest absolute Gasteiger partial charge is 0.453 e. The Hall–Kier alpha value is -4.20. The van der Waals surface area contributed by atoms with Gasteiger partial charge in [0, 0.05) is 13.0 Å². The summed E-state index contributed by atoms with van der Waals surface area (Å²) in [5, 5.41) is 18.1. The van der Waals surface area contributed by atoms with Crippen LogP contribution >= 0.6 is 0 Å². The maximum atomic E-state index is 12.1. The molecular formula is C18H21N5O9. The first-order valence-corrected chi connectivity index (χ1v) is 9.17. The molecule has 0 aliphatic carbocycles. The molecule has 1 aromatic carbocycles. The topological polar surface area (TPSA) is 191 Å². The summed E-state index contributed by atoms with van der Waals surface area (Å²) in [7, 11) is 1.11. The molecule has 14 nitrogen and oxygen atoms in total. The van der Waals surface area contributed by atoms with E-state index in [1.54, 1.807) is 30.3 Å². The molecule has 0 unspecified atom stereocenters. The molecule has 0 radical (unpaired) electrons. The highest BCUT2D eigenvalue weighted by molar-refractivity contribution is 5.90. The van der Waals surface area contributed by atoms with Crippen molar-refractivity contribution in [2.75, 3.05) is 27.0 Å². The van der Waals surface area contributed by atoms with Crippen molar-refractivity contribution in [1.29, 1.82) is 0 Å². The molecule has 1 aromatic heterocycles. The van der Waals surface area contributed by atoms with Crippen molar-refractivity contribution in [1.82, 2.24) is 25.4 Å². The van der Waals surface area contributed by atoms with Crippen molar-refractivity contribution in [2.24, 2.45) is 0 Å². The van der Waals surface area contributed by atoms with Gasteiger partial charge >= 0.3 is 23.7 Å². The minimum atomic E-state index is -1.61. The number of aliphatic hydroxyl groups is 1. The molecule has 0 saturated heterocycles. The molecule has 0 saturated carbocycles. The molecule has 14 heteroatoms. The fourth-order valence-electron chi connectivity index (χ4n) is 2.21. The van der Waals surface area contributed by atoms with Gasteiger partial charge in [-0.1, -0.05) is 18.2 Å². The maximum absolute atomic E-state index is 12.1. The molecule has 0 spiro atoms. The quantitative estimate of drug-likeness (QED) is 0.243. The lowest BCUT2D eigenvalue weighted by molar-refractivity contribution is -0.173. The summed E-state index contributed by atoms with van der Waals surface area (Å²) in [6, 6.07) is 8.45. The van der Waals surface area contributed by atoms with Crippen LogP contribution in [0.1, 0.15) is 17.0 Å². The second kappa shape index (κ2) is 11.8. The maximum Gasteiger partial charge on any atom is 0.407 e. The van der Waals surface area contributed by atoms with Gasteiger partial charge < -0.3 is 30.0 Å². The van der Waals surface area contributed by atoms with Gasteiger partial charge in [-0.15, -0.1) is 5.10 Å². The van der Waals surface area contributed by atoms with Crippen LogP contribution in [0.4, 0.5) is 4.79 Å². The molecule has 0 fully saturated rings. The second-order valence-electron chi connectivity index (χ2n) is 6.03. The summed E-state index contributed by atoms with van der Waals surface area (Å²) in [6.45, 7) is -1.42. The number of methoxy groups -OCH3 is 1. The number of aliphatic hydroxyl groups excluding tert-OH is 1. The summed E-state index contributed by atoms with van der Waals surface area (Å²) in [4.78, 5) is 60.1. The highest BCUT2D eigenvalue weighted by atomic mass is 16.7. The van der Waals surface area contributed by atoms with Crippen LogP contribution in [0.5, 0.6) is 0 Å². The third-order valence-corrected chi connectivity index (χ3v) is 3.79. The number of esters is 2. The van der Waals surface area contributed by atoms with Crippen LogP contribution in [0.15, 0.2) is 35.1 Å². The van der Waals surface area contributed by atoms with E-state index in [0.717, 1.165) is 11.8 Å². The number of amides is 2. The highest BCUT2D eigenvalue weighted by Gasteiger charge is 2.19. The third-order valence-electron chi connectivity index (χ3n) is 3.79. The van der Waals surface area contributed by atoms with Crippen LogP contribution in [0.25, 0.3) is 5.69 Å². The number of hydrogen-bond acceptors (Lipinski definition) is 10. The van der Waals surface area contributed by atoms with Crippen molar-refractivity contribution in [2.45, 2.75) is 12.5 Å². The minimum Gasteiger partial charge on any atom is -0.453 e. The van der Waals surface area contributed by atoms with E-state index in [4.69, 9.17) is 0 Å². The number of ether oxygens (including phenoxy) is 3. The van der Waals surface area contributed by atoms with Crippen LogP contribution in [0.2, 0.25) is 0 Å². The van der Waals surface area contributed by atoms with E-state index in [-0.39, 0.29) is 18.8 Å². The SMILES string of the molecule is COC(=O)NCC(=O)OCOC(=O)[C@H](O)CCNC(=O)c1nn(-c2ccccc2)c(=O)[nH]1. The number of aromatic amines is 1. The summed E-state index contributed by atoms with van der Waals surface area (Å²) < 4.78 is 14.4. The molecule has 0 aliphatic heterocycles. The highest BCUT2D eigenvalue weighted by Crippen LogP contribution is 2.02. The lowest BCUT2D eigenvalue weighted by Gasteiger charge is -2.11. The fourth-order valence-corrected chi connectivity index (χ4v) is 2.21. The first kappa shape index (κ1) is 24.1. The summed E-state index contributed by atoms with van der Waals surface area (Å²) in [5.41, 5.74) is -0.144. The number of para-hydroxylation sites is 1. The van der Waals surface area contributed by atoms with Gasteiger partial charge in [-0.2, -0.15) is 4.68 Å². The normalized spacial score (nSPS) is 11.2. The number of aromatic nitrogens is 3. The van der Waals surface area contributed by atoms with Gasteiger partial charge in [-0.05, 0) is 12.1 Å². The molecule has 2 rings (SSSR count). The average Bonchev–Trinajstić information content (AvgIpc) is 3.19. The van der Waals surface area contributed by atoms with Crippen LogP contribution in [-0.2, 0) is 23.8 Å². The third kappa shape index (κ3) is 7.24. The number of carbonyl (C=O) groups is 4. The fraction of sp³-hybridized carbons (Fsp3) is 0.333. The standard InChI is InChI=1S/C18H21N5O9/c1-30-18(29)20-9-13(25)31-10-32-16(27)12(24)7-8-19-15(26)14-21-17(28)23(22-14)11-5-3-2-4-6-11/h2-6,12,24H,7-10H2,1H3,(H,19,26)(H,20,29)(H,21,22,28)/t12-/m1/s1. The van der Waals surface area contributed by atoms with Gasteiger partial charge in [0.15, 0.2) is 6.10 Å². The number of rotatable bonds is 10. The van der Waals surface area contributed by atoms with Crippen molar-refractivity contribution in [3.8, 4) is 5.69 Å². The van der Waals surface area contributed by atoms with Crippen molar-refractivity contribution in [3.05, 3.63) is 46.6 Å². The van der Waals surface area contributed by atoms with Crippen LogP contribution in [0, 0.1) is 0 Å². The summed E-state index contributed by atoms with van der Waals surface area (Å²) in [5.74, 6) is -2.95. The van der Waals surface area contributed by atoms with Gasteiger partial charge in [0.25, 0.3) is 5.91 Å². The van der Waals surface area contributed by atoms with Crippen molar-refractivity contribution >= 4 is 23.9 Å². The number of hydrogen-bond donors (Lipinski definition) is 4. The van der Waals surface area contributed by atoms with Crippen LogP contribution < -0.4 is 16.3 Å².